The number of nitrogens with two attached hydrogens (primary N) is 3. The molecule has 0 spiro atoms. The molecule has 1 saturated heterocycles. The van der Waals surface area contributed by atoms with Crippen LogP contribution < -0.4 is 70.0 Å². The molecule has 4 aromatic rings. The molecule has 6 atom stereocenters. The summed E-state index contributed by atoms with van der Waals surface area (Å²) in [7, 11) is -0.661. The standard InChI is InChI=1S/C63H88N16O14S/c1-38(2)36-50(62(89)74-49(61(88)71-39(3)58(85)73-47(57(66)84)14-6-7-31-64)28-30-54(81)68-34-33-67-46-15-8-13-45-44(46)12-9-17-52(45)94(91,92)93)72-55(82)37-70-60(87)48(27-29-53(65)80)75-63(90)51-16-11-35-79(51)56(83)18-10-32-69-59(86)40-19-21-41(22-20-40)76-77-42-23-25-43(26-24-42)78(4)5/h8-9,12-13,15,17,19-26,38-39,47-51,67H,6-7,10-11,14,16,18,27-37,64H2,1-5H3,(H2,65,80)(H2,66,84)(H,68,81)(H,69,86)(H,70,87)(H,71,88)(H,72,82)(H,73,85)(H,74,89)(H,75,90)(H,91,92,93). The predicted molar refractivity (Wildman–Crippen MR) is 351 cm³/mol. The third kappa shape index (κ3) is 24.4. The topological polar surface area (TPSA) is 460 Å². The maximum atomic E-state index is 14.2. The van der Waals surface area contributed by atoms with E-state index in [0.717, 1.165) is 5.69 Å². The summed E-state index contributed by atoms with van der Waals surface area (Å²) in [4.78, 5) is 149. The van der Waals surface area contributed by atoms with Crippen molar-refractivity contribution in [3.63, 3.8) is 0 Å². The third-order valence-electron chi connectivity index (χ3n) is 15.2. The van der Waals surface area contributed by atoms with Gasteiger partial charge in [-0.1, -0.05) is 38.1 Å². The van der Waals surface area contributed by atoms with Crippen molar-refractivity contribution >= 4 is 109 Å². The van der Waals surface area contributed by atoms with Crippen LogP contribution in [-0.4, -0.2) is 172 Å². The number of nitrogens with zero attached hydrogens (tertiary/aromatic N) is 4. The maximum absolute atomic E-state index is 14.2. The van der Waals surface area contributed by atoms with E-state index < -0.39 is 106 Å². The van der Waals surface area contributed by atoms with E-state index in [1.807, 2.05) is 43.3 Å². The zero-order valence-electron chi connectivity index (χ0n) is 53.5. The van der Waals surface area contributed by atoms with Crippen molar-refractivity contribution in [3.8, 4) is 0 Å². The van der Waals surface area contributed by atoms with Crippen LogP contribution in [0.25, 0.3) is 10.8 Å². The number of carbonyl (C=O) groups excluding carboxylic acids is 11. The molecule has 11 amide bonds. The lowest BCUT2D eigenvalue weighted by molar-refractivity contribution is -0.139. The number of carbonyl (C=O) groups is 11. The summed E-state index contributed by atoms with van der Waals surface area (Å²) < 4.78 is 33.7. The van der Waals surface area contributed by atoms with Crippen LogP contribution in [0.15, 0.2) is 100 Å². The molecule has 1 aliphatic heterocycles. The number of anilines is 2. The van der Waals surface area contributed by atoms with E-state index in [-0.39, 0.29) is 112 Å². The molecule has 0 aliphatic carbocycles. The molecule has 4 aromatic carbocycles. The fourth-order valence-electron chi connectivity index (χ4n) is 10.1. The van der Waals surface area contributed by atoms with Gasteiger partial charge in [0.2, 0.25) is 59.1 Å². The molecule has 1 heterocycles. The van der Waals surface area contributed by atoms with Gasteiger partial charge in [-0.25, -0.2) is 0 Å². The lowest BCUT2D eigenvalue weighted by atomic mass is 10.0. The highest BCUT2D eigenvalue weighted by atomic mass is 32.2. The minimum absolute atomic E-state index is 0.000990. The normalized spacial score (nSPS) is 14.6. The fraction of sp³-hybridized carbons (Fsp3) is 0.476. The summed E-state index contributed by atoms with van der Waals surface area (Å²) >= 11 is 0. The second-order valence-corrected chi connectivity index (χ2v) is 24.7. The number of amides is 11. The van der Waals surface area contributed by atoms with Crippen molar-refractivity contribution in [1.82, 2.24) is 47.4 Å². The fourth-order valence-corrected chi connectivity index (χ4v) is 10.8. The van der Waals surface area contributed by atoms with Gasteiger partial charge < -0.3 is 74.9 Å². The molecule has 0 aromatic heterocycles. The Balaban J connectivity index is 1.16. The second-order valence-electron chi connectivity index (χ2n) is 23.3. The van der Waals surface area contributed by atoms with Crippen LogP contribution in [0.4, 0.5) is 22.7 Å². The van der Waals surface area contributed by atoms with Gasteiger partial charge >= 0.3 is 0 Å². The average Bonchev–Trinajstić information content (AvgIpc) is 0.927. The predicted octanol–water partition coefficient (Wildman–Crippen LogP) is 1.56. The van der Waals surface area contributed by atoms with Crippen molar-refractivity contribution in [3.05, 3.63) is 90.5 Å². The summed E-state index contributed by atoms with van der Waals surface area (Å²) in [5.74, 6) is -8.20. The van der Waals surface area contributed by atoms with Crippen LogP contribution in [0.2, 0.25) is 0 Å². The molecule has 1 fully saturated rings. The molecule has 94 heavy (non-hydrogen) atoms. The summed E-state index contributed by atoms with van der Waals surface area (Å²) in [6.45, 7) is 4.99. The van der Waals surface area contributed by atoms with Crippen LogP contribution >= 0.6 is 0 Å². The van der Waals surface area contributed by atoms with E-state index in [4.69, 9.17) is 17.2 Å². The number of rotatable bonds is 38. The van der Waals surface area contributed by atoms with Crippen molar-refractivity contribution in [2.45, 2.75) is 139 Å². The zero-order valence-corrected chi connectivity index (χ0v) is 54.4. The van der Waals surface area contributed by atoms with Gasteiger partial charge in [0.15, 0.2) is 0 Å². The first-order valence-electron chi connectivity index (χ1n) is 31.1. The highest BCUT2D eigenvalue weighted by Gasteiger charge is 2.36. The van der Waals surface area contributed by atoms with Crippen molar-refractivity contribution in [2.75, 3.05) is 63.6 Å². The van der Waals surface area contributed by atoms with Crippen LogP contribution in [0, 0.1) is 5.92 Å². The van der Waals surface area contributed by atoms with Gasteiger partial charge in [-0.05, 0) is 138 Å². The number of primary amides is 2. The number of unbranched alkanes of at least 4 members (excludes halogenated alkanes) is 1. The smallest absolute Gasteiger partial charge is 0.295 e. The Morgan fingerprint density at radius 3 is 1.89 bits per heavy atom. The molecule has 0 bridgehead atoms. The lowest BCUT2D eigenvalue weighted by Crippen LogP contribution is -2.58. The number of hydrogen-bond acceptors (Lipinski definition) is 18. The summed E-state index contributed by atoms with van der Waals surface area (Å²) in [5, 5.41) is 33.0. The molecule has 30 nitrogen and oxygen atoms in total. The summed E-state index contributed by atoms with van der Waals surface area (Å²) in [6.07, 6.45) is 0.841. The Labute approximate surface area is 546 Å². The van der Waals surface area contributed by atoms with E-state index in [2.05, 4.69) is 58.1 Å². The molecule has 16 N–H and O–H groups in total. The van der Waals surface area contributed by atoms with Crippen LogP contribution in [0.1, 0.15) is 108 Å². The number of azo groups is 1. The van der Waals surface area contributed by atoms with Gasteiger partial charge in [0, 0.05) is 87.2 Å². The van der Waals surface area contributed by atoms with Gasteiger partial charge in [0.1, 0.15) is 41.1 Å². The molecule has 0 radical (unpaired) electrons. The quantitative estimate of drug-likeness (QED) is 0.0172. The van der Waals surface area contributed by atoms with Crippen LogP contribution in [0.3, 0.4) is 0 Å². The SMILES string of the molecule is CC(C)CC(NC(=O)CNC(=O)C(CCC(N)=O)NC(=O)C1CCCN1C(=O)CCCNC(=O)c1ccc(N=Nc2ccc(N(C)C)cc2)cc1)C(=O)NC(CCC(=O)NCCNc1cccc2c(S(=O)(=O)O)cccc12)C(=O)NC(C)C(=O)NC(CCCCN)C(N)=O. The van der Waals surface area contributed by atoms with Gasteiger partial charge in [0.25, 0.3) is 16.0 Å². The number of nitrogens with one attached hydrogen (secondary N) is 9. The number of benzene rings is 4. The van der Waals surface area contributed by atoms with E-state index in [0.29, 0.717) is 53.8 Å². The highest BCUT2D eigenvalue weighted by molar-refractivity contribution is 7.86. The molecule has 1 aliphatic rings. The van der Waals surface area contributed by atoms with Crippen molar-refractivity contribution in [2.24, 2.45) is 33.3 Å². The molecular weight excluding hydrogens is 1240 g/mol. The largest absolute Gasteiger partial charge is 0.383 e. The molecule has 0 saturated carbocycles. The molecule has 510 valence electrons. The highest BCUT2D eigenvalue weighted by Crippen LogP contribution is 2.29. The number of hydrogen-bond donors (Lipinski definition) is 13. The summed E-state index contributed by atoms with van der Waals surface area (Å²) in [6, 6.07) is 15.6. The Morgan fingerprint density at radius 1 is 0.628 bits per heavy atom. The maximum Gasteiger partial charge on any atom is 0.295 e. The Morgan fingerprint density at radius 2 is 1.26 bits per heavy atom. The van der Waals surface area contributed by atoms with Gasteiger partial charge in [-0.15, -0.1) is 0 Å². The van der Waals surface area contributed by atoms with E-state index >= 15 is 0 Å². The lowest BCUT2D eigenvalue weighted by Gasteiger charge is -2.27. The number of fused-ring (bicyclic) bond motifs is 1. The van der Waals surface area contributed by atoms with Gasteiger partial charge in [-0.2, -0.15) is 18.6 Å². The number of likely N-dealkylation sites (tertiary alicyclic amines) is 1. The molecule has 6 unspecified atom stereocenters. The van der Waals surface area contributed by atoms with Gasteiger partial charge in [0.05, 0.1) is 17.9 Å². The van der Waals surface area contributed by atoms with Gasteiger partial charge in [-0.3, -0.25) is 57.3 Å². The summed E-state index contributed by atoms with van der Waals surface area (Å²) in [5.41, 5.74) is 19.6. The zero-order chi connectivity index (χ0) is 69.1. The average molecular weight is 1330 g/mol. The molecule has 31 heteroatoms. The third-order valence-corrected chi connectivity index (χ3v) is 16.1. The minimum Gasteiger partial charge on any atom is -0.383 e. The van der Waals surface area contributed by atoms with Crippen molar-refractivity contribution in [1.29, 1.82) is 0 Å². The van der Waals surface area contributed by atoms with Crippen molar-refractivity contribution < 1.29 is 65.7 Å². The Hall–Kier alpha value is -9.62. The first kappa shape index (κ1) is 75.1. The monoisotopic (exact) mass is 1320 g/mol. The Bertz CT molecular complexity index is 3460. The minimum atomic E-state index is -4.53. The van der Waals surface area contributed by atoms with E-state index in [9.17, 15) is 65.7 Å². The van der Waals surface area contributed by atoms with E-state index in [1.165, 1.54) is 30.0 Å². The first-order valence-corrected chi connectivity index (χ1v) is 32.5. The van der Waals surface area contributed by atoms with Crippen LogP contribution in [-0.2, 0) is 58.1 Å². The molecule has 5 rings (SSSR count). The Kier molecular flexibility index (Phi) is 29.7. The first-order chi connectivity index (χ1) is 44.6. The van der Waals surface area contributed by atoms with E-state index in [1.54, 1.807) is 56.3 Å². The molecular formula is C63H88N16O14S. The van der Waals surface area contributed by atoms with Crippen LogP contribution in [0.5, 0.6) is 0 Å². The second kappa shape index (κ2) is 37.2.